The molecular formula is C9H16N2S. The van der Waals surface area contributed by atoms with Crippen molar-refractivity contribution in [1.82, 2.24) is 5.32 Å². The van der Waals surface area contributed by atoms with E-state index in [1.807, 2.05) is 11.8 Å². The van der Waals surface area contributed by atoms with E-state index in [1.54, 1.807) is 0 Å². The summed E-state index contributed by atoms with van der Waals surface area (Å²) in [6.07, 6.45) is 3.95. The maximum Gasteiger partial charge on any atom is 0.0679 e. The molecule has 2 rings (SSSR count). The summed E-state index contributed by atoms with van der Waals surface area (Å²) in [5.74, 6) is 2.14. The van der Waals surface area contributed by atoms with E-state index in [1.165, 1.54) is 43.1 Å². The van der Waals surface area contributed by atoms with Crippen molar-refractivity contribution in [2.45, 2.75) is 19.3 Å². The van der Waals surface area contributed by atoms with E-state index >= 15 is 0 Å². The van der Waals surface area contributed by atoms with Gasteiger partial charge in [-0.25, -0.2) is 0 Å². The van der Waals surface area contributed by atoms with Gasteiger partial charge < -0.3 is 5.32 Å². The third-order valence-electron chi connectivity index (χ3n) is 2.57. The second-order valence-corrected chi connectivity index (χ2v) is 4.69. The molecule has 0 bridgehead atoms. The normalized spacial score (nSPS) is 25.8. The summed E-state index contributed by atoms with van der Waals surface area (Å²) in [5.41, 5.74) is 0. The minimum absolute atomic E-state index is 0.913. The van der Waals surface area contributed by atoms with Crippen LogP contribution in [0.2, 0.25) is 0 Å². The lowest BCUT2D eigenvalue weighted by Gasteiger charge is -2.21. The van der Waals surface area contributed by atoms with Crippen LogP contribution in [-0.2, 0) is 0 Å². The average Bonchev–Trinajstić information content (AvgIpc) is 2.59. The Bertz CT molecular complexity index is 173. The molecule has 2 nitrogen and oxygen atoms in total. The van der Waals surface area contributed by atoms with Gasteiger partial charge in [-0.3, -0.25) is 4.99 Å². The summed E-state index contributed by atoms with van der Waals surface area (Å²) in [4.78, 5) is 4.49. The molecule has 0 radical (unpaired) electrons. The van der Waals surface area contributed by atoms with Crippen molar-refractivity contribution >= 4 is 16.8 Å². The highest BCUT2D eigenvalue weighted by Gasteiger charge is 2.17. The van der Waals surface area contributed by atoms with Crippen molar-refractivity contribution < 1.29 is 0 Å². The number of piperidine rings is 1. The predicted molar refractivity (Wildman–Crippen MR) is 55.0 cm³/mol. The maximum atomic E-state index is 4.49. The number of nitrogens with one attached hydrogen (secondary N) is 1. The standard InChI is InChI=1S/C9H16N2S/c1-3-10-4-2-8(1)7-9-11-5-6-12-9/h8,10H,1-7H2. The molecule has 1 saturated heterocycles. The van der Waals surface area contributed by atoms with Gasteiger partial charge in [0.15, 0.2) is 0 Å². The van der Waals surface area contributed by atoms with Crippen molar-refractivity contribution in [2.75, 3.05) is 25.4 Å². The van der Waals surface area contributed by atoms with Crippen LogP contribution in [0.15, 0.2) is 4.99 Å². The van der Waals surface area contributed by atoms with Gasteiger partial charge in [0.1, 0.15) is 0 Å². The zero-order chi connectivity index (χ0) is 8.23. The minimum atomic E-state index is 0.913. The van der Waals surface area contributed by atoms with Gasteiger partial charge in [0.05, 0.1) is 5.04 Å². The van der Waals surface area contributed by atoms with E-state index in [4.69, 9.17) is 0 Å². The van der Waals surface area contributed by atoms with Gasteiger partial charge in [-0.15, -0.1) is 11.8 Å². The largest absolute Gasteiger partial charge is 0.317 e. The summed E-state index contributed by atoms with van der Waals surface area (Å²) in [6.45, 7) is 3.48. The second kappa shape index (κ2) is 4.28. The molecule has 2 aliphatic heterocycles. The van der Waals surface area contributed by atoms with Gasteiger partial charge in [0.25, 0.3) is 0 Å². The molecule has 2 heterocycles. The number of aliphatic imine (C=N–C) groups is 1. The van der Waals surface area contributed by atoms with Crippen LogP contribution in [0, 0.1) is 5.92 Å². The molecule has 0 atom stereocenters. The van der Waals surface area contributed by atoms with Crippen molar-refractivity contribution in [3.05, 3.63) is 0 Å². The molecule has 0 amide bonds. The average molecular weight is 184 g/mol. The lowest BCUT2D eigenvalue weighted by Crippen LogP contribution is -2.28. The molecule has 68 valence electrons. The fraction of sp³-hybridized carbons (Fsp3) is 0.889. The first-order valence-electron chi connectivity index (χ1n) is 4.82. The van der Waals surface area contributed by atoms with Gasteiger partial charge in [0, 0.05) is 12.3 Å². The Balaban J connectivity index is 1.77. The molecule has 2 aliphatic rings. The van der Waals surface area contributed by atoms with Crippen LogP contribution < -0.4 is 5.32 Å². The van der Waals surface area contributed by atoms with Crippen LogP contribution in [0.4, 0.5) is 0 Å². The molecular weight excluding hydrogens is 168 g/mol. The molecule has 0 saturated carbocycles. The summed E-state index contributed by atoms with van der Waals surface area (Å²) in [5, 5.41) is 4.81. The Morgan fingerprint density at radius 3 is 2.92 bits per heavy atom. The first kappa shape index (κ1) is 8.57. The van der Waals surface area contributed by atoms with E-state index in [-0.39, 0.29) is 0 Å². The maximum absolute atomic E-state index is 4.49. The predicted octanol–water partition coefficient (Wildman–Crippen LogP) is 1.52. The van der Waals surface area contributed by atoms with Crippen LogP contribution in [0.1, 0.15) is 19.3 Å². The first-order chi connectivity index (χ1) is 5.95. The summed E-state index contributed by atoms with van der Waals surface area (Å²) in [6, 6.07) is 0. The van der Waals surface area contributed by atoms with E-state index in [9.17, 15) is 0 Å². The molecule has 1 N–H and O–H groups in total. The Labute approximate surface area is 78.2 Å². The van der Waals surface area contributed by atoms with Gasteiger partial charge in [-0.1, -0.05) is 0 Å². The number of nitrogens with zero attached hydrogens (tertiary/aromatic N) is 1. The van der Waals surface area contributed by atoms with Crippen LogP contribution in [-0.4, -0.2) is 30.4 Å². The lowest BCUT2D eigenvalue weighted by atomic mass is 9.95. The molecule has 1 fully saturated rings. The second-order valence-electron chi connectivity index (χ2n) is 3.52. The van der Waals surface area contributed by atoms with Gasteiger partial charge in [-0.05, 0) is 38.3 Å². The zero-order valence-corrected chi connectivity index (χ0v) is 8.20. The third kappa shape index (κ3) is 2.23. The first-order valence-corrected chi connectivity index (χ1v) is 5.80. The topological polar surface area (TPSA) is 24.4 Å². The van der Waals surface area contributed by atoms with Gasteiger partial charge in [0.2, 0.25) is 0 Å². The fourth-order valence-electron chi connectivity index (χ4n) is 1.84. The third-order valence-corrected chi connectivity index (χ3v) is 3.59. The number of hydrogen-bond donors (Lipinski definition) is 1. The van der Waals surface area contributed by atoms with E-state index in [2.05, 4.69) is 10.3 Å². The van der Waals surface area contributed by atoms with Crippen LogP contribution >= 0.6 is 11.8 Å². The molecule has 3 heteroatoms. The highest BCUT2D eigenvalue weighted by Crippen LogP contribution is 2.23. The number of hydrogen-bond acceptors (Lipinski definition) is 3. The summed E-state index contributed by atoms with van der Waals surface area (Å²) < 4.78 is 0. The quantitative estimate of drug-likeness (QED) is 0.703. The van der Waals surface area contributed by atoms with E-state index < -0.39 is 0 Å². The van der Waals surface area contributed by atoms with Crippen molar-refractivity contribution in [1.29, 1.82) is 0 Å². The van der Waals surface area contributed by atoms with Crippen LogP contribution in [0.5, 0.6) is 0 Å². The smallest absolute Gasteiger partial charge is 0.0679 e. The molecule has 0 aromatic carbocycles. The minimum Gasteiger partial charge on any atom is -0.317 e. The number of thioether (sulfide) groups is 1. The zero-order valence-electron chi connectivity index (χ0n) is 7.38. The highest BCUT2D eigenvalue weighted by atomic mass is 32.2. The molecule has 12 heavy (non-hydrogen) atoms. The van der Waals surface area contributed by atoms with Gasteiger partial charge in [-0.2, -0.15) is 0 Å². The fourth-order valence-corrected chi connectivity index (χ4v) is 2.79. The Hall–Kier alpha value is -0.0200. The summed E-state index contributed by atoms with van der Waals surface area (Å²) >= 11 is 1.97. The molecule has 0 unspecified atom stereocenters. The van der Waals surface area contributed by atoms with E-state index in [0.717, 1.165) is 12.5 Å². The van der Waals surface area contributed by atoms with Crippen molar-refractivity contribution in [3.63, 3.8) is 0 Å². The molecule has 0 aromatic heterocycles. The van der Waals surface area contributed by atoms with E-state index in [0.29, 0.717) is 0 Å². The van der Waals surface area contributed by atoms with Crippen LogP contribution in [0.3, 0.4) is 0 Å². The molecule has 0 spiro atoms. The highest BCUT2D eigenvalue weighted by molar-refractivity contribution is 8.14. The van der Waals surface area contributed by atoms with Crippen molar-refractivity contribution in [3.8, 4) is 0 Å². The van der Waals surface area contributed by atoms with Crippen molar-refractivity contribution in [2.24, 2.45) is 10.9 Å². The van der Waals surface area contributed by atoms with Crippen LogP contribution in [0.25, 0.3) is 0 Å². The lowest BCUT2D eigenvalue weighted by molar-refractivity contribution is 0.386. The Kier molecular flexibility index (Phi) is 3.06. The number of rotatable bonds is 2. The monoisotopic (exact) mass is 184 g/mol. The SMILES string of the molecule is C1CSC(CC2CCNCC2)=N1. The molecule has 0 aromatic rings. The Morgan fingerprint density at radius 2 is 2.25 bits per heavy atom. The molecule has 0 aliphatic carbocycles. The van der Waals surface area contributed by atoms with Gasteiger partial charge >= 0.3 is 0 Å². The Morgan fingerprint density at radius 1 is 1.42 bits per heavy atom. The summed E-state index contributed by atoms with van der Waals surface area (Å²) in [7, 11) is 0.